The van der Waals surface area contributed by atoms with Crippen molar-refractivity contribution < 1.29 is 4.79 Å². The quantitative estimate of drug-likeness (QED) is 0.408. The predicted molar refractivity (Wildman–Crippen MR) is 117 cm³/mol. The van der Waals surface area contributed by atoms with E-state index in [1.807, 2.05) is 61.5 Å². The van der Waals surface area contributed by atoms with Crippen LogP contribution in [0.25, 0.3) is 15.3 Å². The minimum atomic E-state index is -0.0521. The third kappa shape index (κ3) is 4.22. The number of nitrogens with zero attached hydrogens (tertiary/aromatic N) is 3. The first-order valence-corrected chi connectivity index (χ1v) is 10.9. The van der Waals surface area contributed by atoms with Crippen LogP contribution in [-0.2, 0) is 4.79 Å². The highest BCUT2D eigenvalue weighted by atomic mass is 35.5. The number of hydrogen-bond acceptors (Lipinski definition) is 5. The summed E-state index contributed by atoms with van der Waals surface area (Å²) in [7, 11) is 0. The molecule has 4 rings (SSSR count). The maximum absolute atomic E-state index is 12.4. The van der Waals surface area contributed by atoms with Crippen molar-refractivity contribution in [1.29, 1.82) is 0 Å². The van der Waals surface area contributed by atoms with Gasteiger partial charge < -0.3 is 5.32 Å². The lowest BCUT2D eigenvalue weighted by Crippen LogP contribution is -2.15. The number of nitrogens with one attached hydrogen (secondary N) is 1. The average molecular weight is 429 g/mol. The molecule has 8 heteroatoms. The summed E-state index contributed by atoms with van der Waals surface area (Å²) in [6.45, 7) is 1.89. The van der Waals surface area contributed by atoms with E-state index in [1.54, 1.807) is 16.4 Å². The van der Waals surface area contributed by atoms with Crippen LogP contribution >= 0.6 is 34.7 Å². The molecular formula is C20H17ClN4OS2. The summed E-state index contributed by atoms with van der Waals surface area (Å²) in [6.07, 6.45) is 0.412. The monoisotopic (exact) mass is 428 g/mol. The Hall–Kier alpha value is -2.35. The van der Waals surface area contributed by atoms with E-state index >= 15 is 0 Å². The van der Waals surface area contributed by atoms with E-state index in [0.29, 0.717) is 28.1 Å². The molecule has 0 saturated carbocycles. The lowest BCUT2D eigenvalue weighted by atomic mass is 10.3. The largest absolute Gasteiger partial charge is 0.310 e. The lowest BCUT2D eigenvalue weighted by Gasteiger charge is -2.06. The Kier molecular flexibility index (Phi) is 5.66. The SMILES string of the molecule is Cc1cc(NC(=O)CCSc2ccccc2)n(-c2nc3c(Cl)cccc3s2)n1. The molecule has 1 amide bonds. The number of halogens is 1. The molecular weight excluding hydrogens is 412 g/mol. The number of aromatic nitrogens is 3. The number of thiazole rings is 1. The van der Waals surface area contributed by atoms with Crippen molar-refractivity contribution >= 4 is 56.6 Å². The molecule has 0 fully saturated rings. The molecule has 0 unspecified atom stereocenters. The Morgan fingerprint density at radius 1 is 1.21 bits per heavy atom. The van der Waals surface area contributed by atoms with Crippen molar-refractivity contribution in [3.63, 3.8) is 0 Å². The number of para-hydroxylation sites is 1. The van der Waals surface area contributed by atoms with Crippen molar-refractivity contribution in [2.24, 2.45) is 0 Å². The van der Waals surface area contributed by atoms with E-state index in [1.165, 1.54) is 11.3 Å². The lowest BCUT2D eigenvalue weighted by molar-refractivity contribution is -0.115. The zero-order valence-corrected chi connectivity index (χ0v) is 17.4. The molecule has 0 radical (unpaired) electrons. The Bertz CT molecular complexity index is 1120. The molecule has 4 aromatic rings. The van der Waals surface area contributed by atoms with Gasteiger partial charge in [-0.25, -0.2) is 4.98 Å². The number of amides is 1. The van der Waals surface area contributed by atoms with Crippen molar-refractivity contribution in [2.45, 2.75) is 18.2 Å². The number of hydrogen-bond donors (Lipinski definition) is 1. The molecule has 0 aliphatic heterocycles. The fraction of sp³-hybridized carbons (Fsp3) is 0.150. The van der Waals surface area contributed by atoms with Crippen LogP contribution in [0.5, 0.6) is 0 Å². The number of aryl methyl sites for hydroxylation is 1. The molecule has 5 nitrogen and oxygen atoms in total. The van der Waals surface area contributed by atoms with Crippen LogP contribution < -0.4 is 5.32 Å². The molecule has 142 valence electrons. The van der Waals surface area contributed by atoms with Gasteiger partial charge in [0.25, 0.3) is 0 Å². The fourth-order valence-electron chi connectivity index (χ4n) is 2.71. The molecule has 0 aliphatic carbocycles. The molecule has 2 heterocycles. The summed E-state index contributed by atoms with van der Waals surface area (Å²) in [5.74, 6) is 1.27. The van der Waals surface area contributed by atoms with Crippen LogP contribution in [0.1, 0.15) is 12.1 Å². The third-order valence-corrected chi connectivity index (χ3v) is 6.29. The second kappa shape index (κ2) is 8.34. The zero-order valence-electron chi connectivity index (χ0n) is 15.1. The van der Waals surface area contributed by atoms with Crippen LogP contribution in [0.15, 0.2) is 59.5 Å². The molecule has 0 atom stereocenters. The van der Waals surface area contributed by atoms with E-state index in [2.05, 4.69) is 15.4 Å². The minimum Gasteiger partial charge on any atom is -0.310 e. The first kappa shape index (κ1) is 19.0. The maximum atomic E-state index is 12.4. The highest BCUT2D eigenvalue weighted by molar-refractivity contribution is 7.99. The van der Waals surface area contributed by atoms with Gasteiger partial charge in [-0.1, -0.05) is 47.2 Å². The Morgan fingerprint density at radius 3 is 2.82 bits per heavy atom. The van der Waals surface area contributed by atoms with Gasteiger partial charge in [0.1, 0.15) is 11.3 Å². The van der Waals surface area contributed by atoms with E-state index in [4.69, 9.17) is 11.6 Å². The fourth-order valence-corrected chi connectivity index (χ4v) is 4.82. The summed E-state index contributed by atoms with van der Waals surface area (Å²) >= 11 is 9.38. The summed E-state index contributed by atoms with van der Waals surface area (Å²) in [6, 6.07) is 17.6. The smallest absolute Gasteiger partial charge is 0.226 e. The standard InChI is InChI=1S/C20H17ClN4OS2/c1-13-12-17(22-18(26)10-11-27-14-6-3-2-4-7-14)25(24-13)20-23-19-15(21)8-5-9-16(19)28-20/h2-9,12H,10-11H2,1H3,(H,22,26). The number of thioether (sulfide) groups is 1. The minimum absolute atomic E-state index is 0.0521. The highest BCUT2D eigenvalue weighted by Crippen LogP contribution is 2.31. The number of rotatable bonds is 6. The van der Waals surface area contributed by atoms with Crippen molar-refractivity contribution in [2.75, 3.05) is 11.1 Å². The van der Waals surface area contributed by atoms with Gasteiger partial charge in [0.05, 0.1) is 15.4 Å². The van der Waals surface area contributed by atoms with Gasteiger partial charge in [-0.2, -0.15) is 9.78 Å². The molecule has 0 aliphatic rings. The van der Waals surface area contributed by atoms with Gasteiger partial charge in [0, 0.05) is 23.1 Å². The molecule has 0 saturated heterocycles. The number of benzene rings is 2. The van der Waals surface area contributed by atoms with Crippen LogP contribution in [0.3, 0.4) is 0 Å². The van der Waals surface area contributed by atoms with Gasteiger partial charge in [0.2, 0.25) is 11.0 Å². The Morgan fingerprint density at radius 2 is 2.04 bits per heavy atom. The summed E-state index contributed by atoms with van der Waals surface area (Å²) < 4.78 is 2.64. The maximum Gasteiger partial charge on any atom is 0.226 e. The first-order chi connectivity index (χ1) is 13.6. The van der Waals surface area contributed by atoms with Crippen LogP contribution in [0, 0.1) is 6.92 Å². The van der Waals surface area contributed by atoms with E-state index in [0.717, 1.165) is 20.8 Å². The van der Waals surface area contributed by atoms with Gasteiger partial charge in [-0.15, -0.1) is 11.8 Å². The number of anilines is 1. The van der Waals surface area contributed by atoms with Crippen LogP contribution in [-0.4, -0.2) is 26.4 Å². The first-order valence-electron chi connectivity index (χ1n) is 8.70. The van der Waals surface area contributed by atoms with Crippen LogP contribution in [0.2, 0.25) is 5.02 Å². The number of carbonyl (C=O) groups is 1. The second-order valence-corrected chi connectivity index (χ2v) is 8.71. The Labute approximate surface area is 175 Å². The number of fused-ring (bicyclic) bond motifs is 1. The van der Waals surface area contributed by atoms with Crippen molar-refractivity contribution in [3.05, 3.63) is 65.3 Å². The summed E-state index contributed by atoms with van der Waals surface area (Å²) in [5, 5.41) is 8.72. The van der Waals surface area contributed by atoms with E-state index in [9.17, 15) is 4.79 Å². The summed E-state index contributed by atoms with van der Waals surface area (Å²) in [5.41, 5.74) is 1.55. The Balaban J connectivity index is 1.48. The average Bonchev–Trinajstić information content (AvgIpc) is 3.27. The molecule has 0 bridgehead atoms. The number of carbonyl (C=O) groups excluding carboxylic acids is 1. The van der Waals surface area contributed by atoms with Crippen molar-refractivity contribution in [3.8, 4) is 5.13 Å². The molecule has 2 aromatic carbocycles. The molecule has 0 spiro atoms. The zero-order chi connectivity index (χ0) is 19.5. The molecule has 1 N–H and O–H groups in total. The van der Waals surface area contributed by atoms with Gasteiger partial charge >= 0.3 is 0 Å². The highest BCUT2D eigenvalue weighted by Gasteiger charge is 2.15. The van der Waals surface area contributed by atoms with Gasteiger partial charge in [0.15, 0.2) is 0 Å². The topological polar surface area (TPSA) is 59.8 Å². The predicted octanol–water partition coefficient (Wildman–Crippen LogP) is 5.56. The van der Waals surface area contributed by atoms with Crippen molar-refractivity contribution in [1.82, 2.24) is 14.8 Å². The van der Waals surface area contributed by atoms with Gasteiger partial charge in [-0.05, 0) is 31.2 Å². The second-order valence-electron chi connectivity index (χ2n) is 6.13. The van der Waals surface area contributed by atoms with Crippen LogP contribution in [0.4, 0.5) is 5.82 Å². The summed E-state index contributed by atoms with van der Waals surface area (Å²) in [4.78, 5) is 18.2. The van der Waals surface area contributed by atoms with E-state index in [-0.39, 0.29) is 5.91 Å². The molecule has 28 heavy (non-hydrogen) atoms. The normalized spacial score (nSPS) is 11.1. The molecule has 2 aromatic heterocycles. The third-order valence-electron chi connectivity index (χ3n) is 3.98. The van der Waals surface area contributed by atoms with E-state index < -0.39 is 0 Å². The van der Waals surface area contributed by atoms with Gasteiger partial charge in [-0.3, -0.25) is 4.79 Å².